The Bertz CT molecular complexity index is 319. The zero-order valence-electron chi connectivity index (χ0n) is 8.66. The van der Waals surface area contributed by atoms with Gasteiger partial charge in [0.25, 0.3) is 0 Å². The zero-order valence-corrected chi connectivity index (χ0v) is 8.66. The molecule has 0 aliphatic rings. The highest BCUT2D eigenvalue weighted by Gasteiger charge is 2.07. The van der Waals surface area contributed by atoms with Crippen molar-refractivity contribution >= 4 is 5.91 Å². The Morgan fingerprint density at radius 2 is 2.14 bits per heavy atom. The van der Waals surface area contributed by atoms with Crippen LogP contribution in [0.4, 0.5) is 0 Å². The Kier molecular flexibility index (Phi) is 3.62. The summed E-state index contributed by atoms with van der Waals surface area (Å²) in [5, 5.41) is 4.27. The number of nitrogens with two attached hydrogens (primary N) is 1. The van der Waals surface area contributed by atoms with Crippen molar-refractivity contribution in [3.05, 3.63) is 11.6 Å². The van der Waals surface area contributed by atoms with Crippen LogP contribution in [0.3, 0.4) is 0 Å². The van der Waals surface area contributed by atoms with Gasteiger partial charge in [0.2, 0.25) is 5.91 Å². The first kappa shape index (κ1) is 10.7. The van der Waals surface area contributed by atoms with Crippen molar-refractivity contribution in [2.45, 2.75) is 39.7 Å². The van der Waals surface area contributed by atoms with Gasteiger partial charge in [0.05, 0.1) is 6.54 Å². The first-order chi connectivity index (χ1) is 6.67. The molecule has 1 aromatic heterocycles. The number of carbonyl (C=O) groups excluding carboxylic acids is 1. The van der Waals surface area contributed by atoms with E-state index in [-0.39, 0.29) is 5.91 Å². The van der Waals surface area contributed by atoms with E-state index in [0.717, 1.165) is 24.5 Å². The summed E-state index contributed by atoms with van der Waals surface area (Å²) >= 11 is 0. The van der Waals surface area contributed by atoms with Crippen LogP contribution < -0.4 is 5.73 Å². The lowest BCUT2D eigenvalue weighted by Crippen LogP contribution is -2.15. The molecular formula is C9H16N4O. The molecule has 1 rings (SSSR count). The number of hydrogen-bond donors (Lipinski definition) is 1. The molecule has 78 valence electrons. The standard InChI is InChI=1S/C9H16N4O/c1-3-8-11-9(4-2)13(12-8)6-5-7(10)14/h3-6H2,1-2H3,(H2,10,14). The molecule has 0 bridgehead atoms. The Hall–Kier alpha value is -1.39. The van der Waals surface area contributed by atoms with E-state index < -0.39 is 0 Å². The van der Waals surface area contributed by atoms with E-state index >= 15 is 0 Å². The number of carbonyl (C=O) groups is 1. The molecule has 0 spiro atoms. The second-order valence-corrected chi connectivity index (χ2v) is 3.09. The number of amides is 1. The van der Waals surface area contributed by atoms with Gasteiger partial charge in [-0.05, 0) is 0 Å². The summed E-state index contributed by atoms with van der Waals surface area (Å²) in [5.41, 5.74) is 5.07. The molecule has 0 atom stereocenters. The first-order valence-corrected chi connectivity index (χ1v) is 4.88. The van der Waals surface area contributed by atoms with Crippen LogP contribution in [0.5, 0.6) is 0 Å². The Balaban J connectivity index is 2.73. The second-order valence-electron chi connectivity index (χ2n) is 3.09. The molecule has 5 heteroatoms. The largest absolute Gasteiger partial charge is 0.370 e. The van der Waals surface area contributed by atoms with Crippen LogP contribution in [0, 0.1) is 0 Å². The molecule has 14 heavy (non-hydrogen) atoms. The molecule has 1 aromatic rings. The lowest BCUT2D eigenvalue weighted by molar-refractivity contribution is -0.118. The van der Waals surface area contributed by atoms with E-state index in [9.17, 15) is 4.79 Å². The van der Waals surface area contributed by atoms with E-state index in [1.165, 1.54) is 0 Å². The van der Waals surface area contributed by atoms with Gasteiger partial charge < -0.3 is 5.73 Å². The maximum absolute atomic E-state index is 10.6. The summed E-state index contributed by atoms with van der Waals surface area (Å²) in [6, 6.07) is 0. The lowest BCUT2D eigenvalue weighted by Gasteiger charge is -2.01. The summed E-state index contributed by atoms with van der Waals surface area (Å²) in [7, 11) is 0. The Morgan fingerprint density at radius 1 is 1.43 bits per heavy atom. The number of hydrogen-bond acceptors (Lipinski definition) is 3. The molecule has 0 saturated carbocycles. The Labute approximate surface area is 83.3 Å². The average molecular weight is 196 g/mol. The number of primary amides is 1. The average Bonchev–Trinajstić information content (AvgIpc) is 2.57. The van der Waals surface area contributed by atoms with Crippen molar-refractivity contribution in [2.24, 2.45) is 5.73 Å². The fourth-order valence-corrected chi connectivity index (χ4v) is 1.23. The van der Waals surface area contributed by atoms with Crippen LogP contribution in [-0.2, 0) is 24.2 Å². The highest BCUT2D eigenvalue weighted by molar-refractivity contribution is 5.73. The maximum atomic E-state index is 10.6. The number of aryl methyl sites for hydroxylation is 3. The molecule has 0 radical (unpaired) electrons. The van der Waals surface area contributed by atoms with Gasteiger partial charge in [-0.15, -0.1) is 0 Å². The first-order valence-electron chi connectivity index (χ1n) is 4.88. The normalized spacial score (nSPS) is 10.4. The highest BCUT2D eigenvalue weighted by atomic mass is 16.1. The van der Waals surface area contributed by atoms with Crippen LogP contribution in [0.1, 0.15) is 31.9 Å². The van der Waals surface area contributed by atoms with E-state index in [0.29, 0.717) is 13.0 Å². The van der Waals surface area contributed by atoms with Crippen molar-refractivity contribution in [1.29, 1.82) is 0 Å². The van der Waals surface area contributed by atoms with Crippen molar-refractivity contribution in [3.8, 4) is 0 Å². The minimum absolute atomic E-state index is 0.305. The van der Waals surface area contributed by atoms with Gasteiger partial charge in [0, 0.05) is 19.3 Å². The fraction of sp³-hybridized carbons (Fsp3) is 0.667. The maximum Gasteiger partial charge on any atom is 0.219 e. The predicted octanol–water partition coefficient (Wildman–Crippen LogP) is 0.278. The summed E-state index contributed by atoms with van der Waals surface area (Å²) in [6.07, 6.45) is 1.96. The van der Waals surface area contributed by atoms with Crippen LogP contribution in [0.2, 0.25) is 0 Å². The molecule has 0 fully saturated rings. The quantitative estimate of drug-likeness (QED) is 0.735. The third kappa shape index (κ3) is 2.55. The van der Waals surface area contributed by atoms with Crippen molar-refractivity contribution in [3.63, 3.8) is 0 Å². The molecule has 0 saturated heterocycles. The summed E-state index contributed by atoms with van der Waals surface area (Å²) in [6.45, 7) is 4.56. The van der Waals surface area contributed by atoms with Gasteiger partial charge in [-0.25, -0.2) is 9.67 Å². The SMILES string of the molecule is CCc1nc(CC)n(CCC(N)=O)n1. The molecule has 0 aliphatic carbocycles. The number of nitrogens with zero attached hydrogens (tertiary/aromatic N) is 3. The predicted molar refractivity (Wildman–Crippen MR) is 52.6 cm³/mol. The zero-order chi connectivity index (χ0) is 10.6. The molecule has 5 nitrogen and oxygen atoms in total. The van der Waals surface area contributed by atoms with Gasteiger partial charge in [-0.3, -0.25) is 4.79 Å². The molecule has 2 N–H and O–H groups in total. The van der Waals surface area contributed by atoms with Gasteiger partial charge in [0.15, 0.2) is 5.82 Å². The van der Waals surface area contributed by atoms with E-state index in [2.05, 4.69) is 10.1 Å². The molecule has 0 aliphatic heterocycles. The van der Waals surface area contributed by atoms with Gasteiger partial charge >= 0.3 is 0 Å². The van der Waals surface area contributed by atoms with Crippen molar-refractivity contribution < 1.29 is 4.79 Å². The fourth-order valence-electron chi connectivity index (χ4n) is 1.23. The second kappa shape index (κ2) is 4.74. The molecule has 0 unspecified atom stereocenters. The third-order valence-electron chi connectivity index (χ3n) is 1.99. The summed E-state index contributed by atoms with van der Waals surface area (Å²) < 4.78 is 1.77. The van der Waals surface area contributed by atoms with Crippen LogP contribution >= 0.6 is 0 Å². The minimum Gasteiger partial charge on any atom is -0.370 e. The van der Waals surface area contributed by atoms with Crippen molar-refractivity contribution in [2.75, 3.05) is 0 Å². The Morgan fingerprint density at radius 3 is 2.64 bits per heavy atom. The van der Waals surface area contributed by atoms with Crippen LogP contribution in [0.15, 0.2) is 0 Å². The smallest absolute Gasteiger partial charge is 0.219 e. The molecule has 1 amide bonds. The molecule has 0 aromatic carbocycles. The van der Waals surface area contributed by atoms with Gasteiger partial charge in [-0.1, -0.05) is 13.8 Å². The van der Waals surface area contributed by atoms with Gasteiger partial charge in [-0.2, -0.15) is 5.10 Å². The topological polar surface area (TPSA) is 73.8 Å². The number of aromatic nitrogens is 3. The van der Waals surface area contributed by atoms with E-state index in [4.69, 9.17) is 5.73 Å². The van der Waals surface area contributed by atoms with E-state index in [1.54, 1.807) is 4.68 Å². The molecule has 1 heterocycles. The third-order valence-corrected chi connectivity index (χ3v) is 1.99. The highest BCUT2D eigenvalue weighted by Crippen LogP contribution is 2.01. The molecular weight excluding hydrogens is 180 g/mol. The monoisotopic (exact) mass is 196 g/mol. The summed E-state index contributed by atoms with van der Waals surface area (Å²) in [5.74, 6) is 1.44. The minimum atomic E-state index is -0.305. The lowest BCUT2D eigenvalue weighted by atomic mass is 10.4. The number of rotatable bonds is 5. The summed E-state index contributed by atoms with van der Waals surface area (Å²) in [4.78, 5) is 14.9. The van der Waals surface area contributed by atoms with Crippen LogP contribution in [-0.4, -0.2) is 20.7 Å². The van der Waals surface area contributed by atoms with Crippen LogP contribution in [0.25, 0.3) is 0 Å². The van der Waals surface area contributed by atoms with Crippen molar-refractivity contribution in [1.82, 2.24) is 14.8 Å². The van der Waals surface area contributed by atoms with Gasteiger partial charge in [0.1, 0.15) is 5.82 Å². The van der Waals surface area contributed by atoms with E-state index in [1.807, 2.05) is 13.8 Å².